The molecule has 0 aliphatic rings. The van der Waals surface area contributed by atoms with Crippen LogP contribution in [0.5, 0.6) is 0 Å². The summed E-state index contributed by atoms with van der Waals surface area (Å²) in [4.78, 5) is 0. The normalized spacial score (nSPS) is 13.4. The number of unbranched alkanes of at least 4 members (excludes halogenated alkanes) is 29. The van der Waals surface area contributed by atoms with Crippen LogP contribution in [0.15, 0.2) is 12.2 Å². The number of hydrogen-bond acceptors (Lipinski definition) is 3. The fourth-order valence-corrected chi connectivity index (χ4v) is 5.59. The van der Waals surface area contributed by atoms with E-state index in [1.165, 1.54) is 186 Å². The Bertz CT molecular complexity index is 467. The van der Waals surface area contributed by atoms with Crippen molar-refractivity contribution in [2.75, 3.05) is 6.61 Å². The molecule has 2 atom stereocenters. The van der Waals surface area contributed by atoms with Crippen LogP contribution in [0.3, 0.4) is 0 Å². The molecule has 0 aromatic rings. The SMILES string of the molecule is CCCCCCCCCCCCCCCCCCCCCCCCCCCCCCC/C=C/[C@@H](O)[C@@H](N)CO. The highest BCUT2D eigenvalue weighted by molar-refractivity contribution is 4.93. The molecule has 0 unspecified atom stereocenters. The molecule has 0 saturated carbocycles. The van der Waals surface area contributed by atoms with Crippen molar-refractivity contribution in [1.29, 1.82) is 0 Å². The standard InChI is InChI=1S/C36H73NO2/c1-2-3-4-5-6-7-8-9-10-11-12-13-14-15-16-17-18-19-20-21-22-23-24-25-26-27-28-29-30-31-32-33-36(39)35(37)34-38/h32-33,35-36,38-39H,2-31,34,37H2,1H3/b33-32+/t35-,36+/m0/s1. The van der Waals surface area contributed by atoms with Gasteiger partial charge in [0.2, 0.25) is 0 Å². The molecule has 3 nitrogen and oxygen atoms in total. The van der Waals surface area contributed by atoms with E-state index in [9.17, 15) is 5.11 Å². The second kappa shape index (κ2) is 33.8. The number of aliphatic hydroxyl groups is 2. The van der Waals surface area contributed by atoms with Crippen molar-refractivity contribution in [2.24, 2.45) is 5.73 Å². The molecular formula is C36H73NO2. The average molecular weight is 552 g/mol. The molecule has 0 bridgehead atoms. The van der Waals surface area contributed by atoms with Crippen LogP contribution < -0.4 is 5.73 Å². The number of nitrogens with two attached hydrogens (primary N) is 1. The van der Waals surface area contributed by atoms with Crippen molar-refractivity contribution in [2.45, 2.75) is 212 Å². The molecule has 0 amide bonds. The maximum Gasteiger partial charge on any atom is 0.0894 e. The Morgan fingerprint density at radius 2 is 0.718 bits per heavy atom. The molecule has 0 spiro atoms. The third-order valence-corrected chi connectivity index (χ3v) is 8.46. The molecule has 234 valence electrons. The lowest BCUT2D eigenvalue weighted by Gasteiger charge is -2.11. The summed E-state index contributed by atoms with van der Waals surface area (Å²) in [6.07, 6.45) is 45.5. The summed E-state index contributed by atoms with van der Waals surface area (Å²) in [5.41, 5.74) is 5.58. The van der Waals surface area contributed by atoms with Crippen LogP contribution in [0.4, 0.5) is 0 Å². The van der Waals surface area contributed by atoms with Gasteiger partial charge in [0.05, 0.1) is 18.8 Å². The van der Waals surface area contributed by atoms with E-state index in [4.69, 9.17) is 10.8 Å². The van der Waals surface area contributed by atoms with E-state index in [0.29, 0.717) is 0 Å². The first-order valence-electron chi connectivity index (χ1n) is 17.9. The van der Waals surface area contributed by atoms with Crippen LogP contribution in [-0.4, -0.2) is 29.0 Å². The van der Waals surface area contributed by atoms with Crippen molar-refractivity contribution >= 4 is 0 Å². The minimum atomic E-state index is -0.723. The minimum Gasteiger partial charge on any atom is -0.395 e. The van der Waals surface area contributed by atoms with Gasteiger partial charge in [0.25, 0.3) is 0 Å². The highest BCUT2D eigenvalue weighted by Crippen LogP contribution is 2.16. The smallest absolute Gasteiger partial charge is 0.0894 e. The highest BCUT2D eigenvalue weighted by atomic mass is 16.3. The van der Waals surface area contributed by atoms with Crippen molar-refractivity contribution in [3.05, 3.63) is 12.2 Å². The van der Waals surface area contributed by atoms with Crippen molar-refractivity contribution in [3.8, 4) is 0 Å². The molecule has 0 heterocycles. The van der Waals surface area contributed by atoms with Gasteiger partial charge >= 0.3 is 0 Å². The van der Waals surface area contributed by atoms with E-state index in [-0.39, 0.29) is 6.61 Å². The second-order valence-corrected chi connectivity index (χ2v) is 12.5. The Labute approximate surface area is 246 Å². The van der Waals surface area contributed by atoms with Crippen LogP contribution in [0.25, 0.3) is 0 Å². The van der Waals surface area contributed by atoms with Gasteiger partial charge < -0.3 is 15.9 Å². The Balaban J connectivity index is 3.10. The van der Waals surface area contributed by atoms with E-state index >= 15 is 0 Å². The van der Waals surface area contributed by atoms with Gasteiger partial charge in [0.15, 0.2) is 0 Å². The summed E-state index contributed by atoms with van der Waals surface area (Å²) in [6.45, 7) is 2.12. The lowest BCUT2D eigenvalue weighted by Crippen LogP contribution is -2.36. The first-order chi connectivity index (χ1) is 19.2. The maximum atomic E-state index is 9.65. The molecular weight excluding hydrogens is 478 g/mol. The number of hydrogen-bond donors (Lipinski definition) is 3. The quantitative estimate of drug-likeness (QED) is 0.0561. The zero-order valence-corrected chi connectivity index (χ0v) is 26.7. The van der Waals surface area contributed by atoms with Crippen LogP contribution in [0, 0.1) is 0 Å². The van der Waals surface area contributed by atoms with E-state index < -0.39 is 12.1 Å². The lowest BCUT2D eigenvalue weighted by molar-refractivity contribution is 0.144. The van der Waals surface area contributed by atoms with E-state index in [2.05, 4.69) is 6.92 Å². The molecule has 4 N–H and O–H groups in total. The zero-order valence-electron chi connectivity index (χ0n) is 26.7. The van der Waals surface area contributed by atoms with Crippen LogP contribution in [0.1, 0.15) is 200 Å². The third kappa shape index (κ3) is 32.0. The first-order valence-corrected chi connectivity index (χ1v) is 17.9. The van der Waals surface area contributed by atoms with Crippen molar-refractivity contribution in [1.82, 2.24) is 0 Å². The average Bonchev–Trinajstić information content (AvgIpc) is 2.95. The summed E-state index contributed by atoms with van der Waals surface area (Å²) >= 11 is 0. The molecule has 3 heteroatoms. The second-order valence-electron chi connectivity index (χ2n) is 12.5. The fourth-order valence-electron chi connectivity index (χ4n) is 5.59. The molecule has 0 aliphatic carbocycles. The van der Waals surface area contributed by atoms with Gasteiger partial charge in [0.1, 0.15) is 0 Å². The lowest BCUT2D eigenvalue weighted by atomic mass is 10.0. The van der Waals surface area contributed by atoms with E-state index in [1.54, 1.807) is 6.08 Å². The fraction of sp³-hybridized carbons (Fsp3) is 0.944. The predicted octanol–water partition coefficient (Wildman–Crippen LogP) is 10.9. The van der Waals surface area contributed by atoms with Crippen molar-refractivity contribution in [3.63, 3.8) is 0 Å². The van der Waals surface area contributed by atoms with Crippen LogP contribution >= 0.6 is 0 Å². The first kappa shape index (κ1) is 38.6. The minimum absolute atomic E-state index is 0.175. The molecule has 0 aliphatic heterocycles. The van der Waals surface area contributed by atoms with Gasteiger partial charge in [-0.25, -0.2) is 0 Å². The van der Waals surface area contributed by atoms with Gasteiger partial charge in [-0.3, -0.25) is 0 Å². The molecule has 0 aromatic heterocycles. The van der Waals surface area contributed by atoms with Crippen LogP contribution in [0.2, 0.25) is 0 Å². The maximum absolute atomic E-state index is 9.65. The Hall–Kier alpha value is -0.380. The molecule has 39 heavy (non-hydrogen) atoms. The highest BCUT2D eigenvalue weighted by Gasteiger charge is 2.08. The third-order valence-electron chi connectivity index (χ3n) is 8.46. The number of rotatable bonds is 33. The molecule has 0 rings (SSSR count). The number of aliphatic hydroxyl groups excluding tert-OH is 2. The molecule has 0 fully saturated rings. The van der Waals surface area contributed by atoms with E-state index in [0.717, 1.165) is 6.42 Å². The largest absolute Gasteiger partial charge is 0.395 e. The van der Waals surface area contributed by atoms with Gasteiger partial charge in [-0.15, -0.1) is 0 Å². The topological polar surface area (TPSA) is 66.5 Å². The van der Waals surface area contributed by atoms with Crippen molar-refractivity contribution < 1.29 is 10.2 Å². The Morgan fingerprint density at radius 1 is 0.462 bits per heavy atom. The molecule has 0 radical (unpaired) electrons. The summed E-state index contributed by atoms with van der Waals surface area (Å²) in [6, 6.07) is -0.560. The van der Waals surface area contributed by atoms with Gasteiger partial charge in [0, 0.05) is 0 Å². The Kier molecular flexibility index (Phi) is 33.5. The summed E-state index contributed by atoms with van der Waals surface area (Å²) in [5, 5.41) is 18.6. The zero-order chi connectivity index (χ0) is 28.5. The summed E-state index contributed by atoms with van der Waals surface area (Å²) in [5.74, 6) is 0. The van der Waals surface area contributed by atoms with Gasteiger partial charge in [-0.2, -0.15) is 0 Å². The van der Waals surface area contributed by atoms with Gasteiger partial charge in [-0.05, 0) is 12.8 Å². The van der Waals surface area contributed by atoms with Gasteiger partial charge in [-0.1, -0.05) is 199 Å². The monoisotopic (exact) mass is 552 g/mol. The van der Waals surface area contributed by atoms with Crippen LogP contribution in [-0.2, 0) is 0 Å². The Morgan fingerprint density at radius 3 is 0.974 bits per heavy atom. The summed E-state index contributed by atoms with van der Waals surface area (Å²) in [7, 11) is 0. The molecule has 0 saturated heterocycles. The predicted molar refractivity (Wildman–Crippen MR) is 174 cm³/mol. The molecule has 0 aromatic carbocycles. The summed E-state index contributed by atoms with van der Waals surface area (Å²) < 4.78 is 0. The van der Waals surface area contributed by atoms with E-state index in [1.807, 2.05) is 6.08 Å². The number of allylic oxidation sites excluding steroid dienone is 1.